The van der Waals surface area contributed by atoms with E-state index < -0.39 is 0 Å². The quantitative estimate of drug-likeness (QED) is 0.941. The molecule has 0 spiro atoms. The van der Waals surface area contributed by atoms with Crippen molar-refractivity contribution in [1.29, 1.82) is 0 Å². The minimum atomic E-state index is -0.309. The highest BCUT2D eigenvalue weighted by Crippen LogP contribution is 2.19. The fourth-order valence-electron chi connectivity index (χ4n) is 2.30. The van der Waals surface area contributed by atoms with E-state index in [0.29, 0.717) is 43.1 Å². The van der Waals surface area contributed by atoms with E-state index in [1.165, 1.54) is 12.5 Å². The van der Waals surface area contributed by atoms with E-state index >= 15 is 0 Å². The van der Waals surface area contributed by atoms with E-state index in [1.54, 1.807) is 35.2 Å². The highest BCUT2D eigenvalue weighted by atomic mass is 16.5. The van der Waals surface area contributed by atoms with Crippen molar-refractivity contribution in [1.82, 2.24) is 4.90 Å². The molecule has 2 aromatic rings. The van der Waals surface area contributed by atoms with Gasteiger partial charge in [0, 0.05) is 13.1 Å². The molecule has 0 saturated carbocycles. The summed E-state index contributed by atoms with van der Waals surface area (Å²) in [5.74, 6) is -0.414. The number of hydrogen-bond acceptors (Lipinski definition) is 4. The summed E-state index contributed by atoms with van der Waals surface area (Å²) >= 11 is 0. The van der Waals surface area contributed by atoms with Crippen LogP contribution in [-0.4, -0.2) is 43.0 Å². The van der Waals surface area contributed by atoms with Crippen molar-refractivity contribution in [3.8, 4) is 0 Å². The Labute approximate surface area is 127 Å². The molecule has 0 unspecified atom stereocenters. The number of nitrogens with one attached hydrogen (secondary N) is 1. The molecule has 114 valence electrons. The Kier molecular flexibility index (Phi) is 4.20. The first kappa shape index (κ1) is 14.3. The number of anilines is 1. The van der Waals surface area contributed by atoms with Gasteiger partial charge in [0.2, 0.25) is 0 Å². The second-order valence-electron chi connectivity index (χ2n) is 4.92. The van der Waals surface area contributed by atoms with Crippen molar-refractivity contribution in [2.75, 3.05) is 31.6 Å². The summed E-state index contributed by atoms with van der Waals surface area (Å²) in [5, 5.41) is 2.76. The summed E-state index contributed by atoms with van der Waals surface area (Å²) < 4.78 is 10.2. The Balaban J connectivity index is 1.80. The molecule has 0 atom stereocenters. The number of hydrogen-bond donors (Lipinski definition) is 1. The van der Waals surface area contributed by atoms with Crippen molar-refractivity contribution in [3.05, 3.63) is 54.0 Å². The Morgan fingerprint density at radius 3 is 2.59 bits per heavy atom. The highest BCUT2D eigenvalue weighted by molar-refractivity contribution is 6.08. The van der Waals surface area contributed by atoms with E-state index in [2.05, 4.69) is 5.32 Å². The molecule has 1 aromatic carbocycles. The second-order valence-corrected chi connectivity index (χ2v) is 4.92. The molecular weight excluding hydrogens is 284 g/mol. The van der Waals surface area contributed by atoms with Gasteiger partial charge < -0.3 is 19.4 Å². The molecule has 2 amide bonds. The van der Waals surface area contributed by atoms with Crippen LogP contribution in [0.2, 0.25) is 0 Å². The number of nitrogens with zero attached hydrogens (tertiary/aromatic N) is 1. The van der Waals surface area contributed by atoms with Gasteiger partial charge in [0.15, 0.2) is 0 Å². The third-order valence-electron chi connectivity index (χ3n) is 3.49. The number of amides is 2. The van der Waals surface area contributed by atoms with Gasteiger partial charge in [-0.25, -0.2) is 0 Å². The number of benzene rings is 1. The second kappa shape index (κ2) is 6.44. The normalized spacial score (nSPS) is 14.6. The molecule has 6 heteroatoms. The van der Waals surface area contributed by atoms with E-state index in [-0.39, 0.29) is 11.8 Å². The van der Waals surface area contributed by atoms with Crippen LogP contribution in [0.15, 0.2) is 47.3 Å². The van der Waals surface area contributed by atoms with Crippen molar-refractivity contribution >= 4 is 17.5 Å². The first-order valence-corrected chi connectivity index (χ1v) is 7.05. The van der Waals surface area contributed by atoms with Gasteiger partial charge >= 0.3 is 0 Å². The Bertz CT molecular complexity index is 661. The van der Waals surface area contributed by atoms with E-state index in [1.807, 2.05) is 0 Å². The van der Waals surface area contributed by atoms with Crippen LogP contribution in [0.1, 0.15) is 20.7 Å². The third-order valence-corrected chi connectivity index (χ3v) is 3.49. The van der Waals surface area contributed by atoms with Crippen LogP contribution in [0.25, 0.3) is 0 Å². The molecule has 0 bridgehead atoms. The molecule has 1 saturated heterocycles. The van der Waals surface area contributed by atoms with Crippen LogP contribution in [0, 0.1) is 0 Å². The molecule has 1 aromatic heterocycles. The van der Waals surface area contributed by atoms with Gasteiger partial charge in [0.05, 0.1) is 36.3 Å². The van der Waals surface area contributed by atoms with Crippen LogP contribution in [-0.2, 0) is 4.74 Å². The molecule has 22 heavy (non-hydrogen) atoms. The van der Waals surface area contributed by atoms with Crippen molar-refractivity contribution in [2.45, 2.75) is 0 Å². The van der Waals surface area contributed by atoms with Crippen LogP contribution in [0.3, 0.4) is 0 Å². The van der Waals surface area contributed by atoms with Gasteiger partial charge in [-0.05, 0) is 18.2 Å². The predicted octanol–water partition coefficient (Wildman–Crippen LogP) is 2.00. The number of furan rings is 1. The lowest BCUT2D eigenvalue weighted by molar-refractivity contribution is 0.0303. The number of carbonyl (C=O) groups is 2. The fraction of sp³-hybridized carbons (Fsp3) is 0.250. The van der Waals surface area contributed by atoms with Crippen LogP contribution < -0.4 is 5.32 Å². The van der Waals surface area contributed by atoms with Gasteiger partial charge in [0.25, 0.3) is 11.8 Å². The molecule has 0 aliphatic carbocycles. The fourth-order valence-corrected chi connectivity index (χ4v) is 2.30. The maximum Gasteiger partial charge on any atom is 0.258 e. The lowest BCUT2D eigenvalue weighted by Gasteiger charge is -2.27. The zero-order valence-corrected chi connectivity index (χ0v) is 12.0. The summed E-state index contributed by atoms with van der Waals surface area (Å²) in [4.78, 5) is 26.4. The zero-order chi connectivity index (χ0) is 15.4. The van der Waals surface area contributed by atoms with E-state index in [9.17, 15) is 9.59 Å². The SMILES string of the molecule is O=C(Nc1ccccc1C(=O)N1CCOCC1)c1ccoc1. The minimum Gasteiger partial charge on any atom is -0.472 e. The van der Waals surface area contributed by atoms with Crippen LogP contribution >= 0.6 is 0 Å². The van der Waals surface area contributed by atoms with Gasteiger partial charge in [-0.1, -0.05) is 12.1 Å². The summed E-state index contributed by atoms with van der Waals surface area (Å²) in [6.07, 6.45) is 2.79. The summed E-state index contributed by atoms with van der Waals surface area (Å²) in [5.41, 5.74) is 1.38. The van der Waals surface area contributed by atoms with Crippen molar-refractivity contribution < 1.29 is 18.7 Å². The van der Waals surface area contributed by atoms with E-state index in [4.69, 9.17) is 9.15 Å². The molecule has 1 aliphatic rings. The largest absolute Gasteiger partial charge is 0.472 e. The smallest absolute Gasteiger partial charge is 0.258 e. The standard InChI is InChI=1S/C16H16N2O4/c19-15(12-5-8-22-11-12)17-14-4-2-1-3-13(14)16(20)18-6-9-21-10-7-18/h1-5,8,11H,6-7,9-10H2,(H,17,19). The van der Waals surface area contributed by atoms with Gasteiger partial charge in [-0.2, -0.15) is 0 Å². The van der Waals surface area contributed by atoms with Gasteiger partial charge in [0.1, 0.15) is 6.26 Å². The van der Waals surface area contributed by atoms with Crippen LogP contribution in [0.5, 0.6) is 0 Å². The molecule has 1 N–H and O–H groups in total. The first-order valence-electron chi connectivity index (χ1n) is 7.05. The monoisotopic (exact) mass is 300 g/mol. The maximum atomic E-state index is 12.6. The van der Waals surface area contributed by atoms with E-state index in [0.717, 1.165) is 0 Å². The first-order chi connectivity index (χ1) is 10.8. The van der Waals surface area contributed by atoms with Gasteiger partial charge in [-0.3, -0.25) is 9.59 Å². The predicted molar refractivity (Wildman–Crippen MR) is 79.8 cm³/mol. The highest BCUT2D eigenvalue weighted by Gasteiger charge is 2.21. The third kappa shape index (κ3) is 3.01. The average Bonchev–Trinajstić information content (AvgIpc) is 3.10. The number of carbonyl (C=O) groups excluding carboxylic acids is 2. The van der Waals surface area contributed by atoms with Crippen molar-refractivity contribution in [3.63, 3.8) is 0 Å². The average molecular weight is 300 g/mol. The lowest BCUT2D eigenvalue weighted by Crippen LogP contribution is -2.41. The summed E-state index contributed by atoms with van der Waals surface area (Å²) in [6.45, 7) is 2.19. The molecule has 1 fully saturated rings. The van der Waals surface area contributed by atoms with Crippen molar-refractivity contribution in [2.24, 2.45) is 0 Å². The van der Waals surface area contributed by atoms with Crippen LogP contribution in [0.4, 0.5) is 5.69 Å². The minimum absolute atomic E-state index is 0.105. The Hall–Kier alpha value is -2.60. The molecule has 3 rings (SSSR count). The Morgan fingerprint density at radius 1 is 1.09 bits per heavy atom. The topological polar surface area (TPSA) is 71.8 Å². The Morgan fingerprint density at radius 2 is 1.86 bits per heavy atom. The molecular formula is C16H16N2O4. The number of morpholine rings is 1. The molecule has 2 heterocycles. The summed E-state index contributed by atoms with van der Waals surface area (Å²) in [6, 6.07) is 8.55. The number of rotatable bonds is 3. The van der Waals surface area contributed by atoms with Gasteiger partial charge in [-0.15, -0.1) is 0 Å². The number of ether oxygens (including phenoxy) is 1. The maximum absolute atomic E-state index is 12.6. The molecule has 0 radical (unpaired) electrons. The molecule has 1 aliphatic heterocycles. The lowest BCUT2D eigenvalue weighted by atomic mass is 10.1. The number of para-hydroxylation sites is 1. The summed E-state index contributed by atoms with van der Waals surface area (Å²) in [7, 11) is 0. The molecule has 6 nitrogen and oxygen atoms in total. The zero-order valence-electron chi connectivity index (χ0n) is 12.0.